The molecule has 0 aliphatic rings. The first-order chi connectivity index (χ1) is 13.6. The molecule has 0 amide bonds. The van der Waals surface area contributed by atoms with Crippen molar-refractivity contribution in [1.82, 2.24) is 14.5 Å². The van der Waals surface area contributed by atoms with Gasteiger partial charge in [0.05, 0.1) is 5.39 Å². The highest BCUT2D eigenvalue weighted by molar-refractivity contribution is 8.00. The predicted octanol–water partition coefficient (Wildman–Crippen LogP) is 6.94. The van der Waals surface area contributed by atoms with Crippen molar-refractivity contribution in [2.45, 2.75) is 37.5 Å². The molecule has 0 N–H and O–H groups in total. The molecule has 3 nitrogen and oxygen atoms in total. The Morgan fingerprint density at radius 3 is 2.61 bits per heavy atom. The van der Waals surface area contributed by atoms with E-state index in [1.54, 1.807) is 18.1 Å². The largest absolute Gasteiger partial charge is 0.301 e. The van der Waals surface area contributed by atoms with Crippen LogP contribution in [0.4, 0.5) is 0 Å². The average molecular weight is 408 g/mol. The van der Waals surface area contributed by atoms with Gasteiger partial charge in [-0.2, -0.15) is 0 Å². The molecule has 142 valence electrons. The minimum atomic E-state index is 0.485. The maximum atomic E-state index is 6.41. The fraction of sp³-hybridized carbons (Fsp3) is 0.217. The van der Waals surface area contributed by atoms with E-state index in [1.807, 2.05) is 25.1 Å². The van der Waals surface area contributed by atoms with E-state index in [4.69, 9.17) is 11.6 Å². The van der Waals surface area contributed by atoms with Gasteiger partial charge in [-0.15, -0.1) is 11.8 Å². The van der Waals surface area contributed by atoms with Gasteiger partial charge in [0.2, 0.25) is 0 Å². The first-order valence-electron chi connectivity index (χ1n) is 9.43. The van der Waals surface area contributed by atoms with E-state index >= 15 is 0 Å². The Labute approximate surface area is 174 Å². The van der Waals surface area contributed by atoms with Crippen LogP contribution in [0.2, 0.25) is 5.02 Å². The third-order valence-corrected chi connectivity index (χ3v) is 6.63. The topological polar surface area (TPSA) is 30.7 Å². The number of nitrogens with zero attached hydrogens (tertiary/aromatic N) is 3. The third kappa shape index (κ3) is 3.54. The lowest BCUT2D eigenvalue weighted by Crippen LogP contribution is -1.97. The van der Waals surface area contributed by atoms with Gasteiger partial charge in [0.15, 0.2) is 0 Å². The molecule has 4 rings (SSSR count). The lowest BCUT2D eigenvalue weighted by molar-refractivity contribution is 0.901. The van der Waals surface area contributed by atoms with Crippen LogP contribution in [0, 0.1) is 6.92 Å². The number of halogens is 1. The van der Waals surface area contributed by atoms with E-state index in [-0.39, 0.29) is 0 Å². The highest BCUT2D eigenvalue weighted by Crippen LogP contribution is 2.38. The van der Waals surface area contributed by atoms with Gasteiger partial charge < -0.3 is 4.57 Å². The highest BCUT2D eigenvalue weighted by Gasteiger charge is 2.19. The Kier molecular flexibility index (Phi) is 5.42. The minimum Gasteiger partial charge on any atom is -0.301 e. The first kappa shape index (κ1) is 19.0. The Morgan fingerprint density at radius 1 is 1.11 bits per heavy atom. The number of hydrogen-bond donors (Lipinski definition) is 0. The van der Waals surface area contributed by atoms with Crippen LogP contribution in [0.3, 0.4) is 0 Å². The van der Waals surface area contributed by atoms with Gasteiger partial charge in [-0.25, -0.2) is 9.97 Å². The van der Waals surface area contributed by atoms with E-state index in [0.717, 1.165) is 49.9 Å². The zero-order valence-corrected chi connectivity index (χ0v) is 17.8. The van der Waals surface area contributed by atoms with Gasteiger partial charge in [0, 0.05) is 27.7 Å². The zero-order valence-electron chi connectivity index (χ0n) is 16.2. The Balaban J connectivity index is 1.99. The van der Waals surface area contributed by atoms with Gasteiger partial charge in [0.1, 0.15) is 17.0 Å². The Bertz CT molecular complexity index is 1120. The molecule has 0 fully saturated rings. The molecule has 0 spiro atoms. The van der Waals surface area contributed by atoms with Crippen molar-refractivity contribution in [3.63, 3.8) is 0 Å². The molecule has 0 bridgehead atoms. The number of aryl methyl sites for hydroxylation is 1. The standard InChI is InChI=1S/C23H22ClN3S/c1-4-16(3)28-23-21-19(17-8-6-5-7-9-17)13-27(22(21)25-14-26-23)18-11-10-15(2)20(24)12-18/h5-14,16H,4H2,1-3H3. The second-order valence-electron chi connectivity index (χ2n) is 6.93. The number of hydrogen-bond acceptors (Lipinski definition) is 3. The first-order valence-corrected chi connectivity index (χ1v) is 10.7. The van der Waals surface area contributed by atoms with Gasteiger partial charge >= 0.3 is 0 Å². The lowest BCUT2D eigenvalue weighted by atomic mass is 10.1. The van der Waals surface area contributed by atoms with Crippen molar-refractivity contribution < 1.29 is 0 Å². The fourth-order valence-corrected chi connectivity index (χ4v) is 4.31. The van der Waals surface area contributed by atoms with Crippen molar-refractivity contribution in [2.24, 2.45) is 0 Å². The van der Waals surface area contributed by atoms with Crippen LogP contribution < -0.4 is 0 Å². The summed E-state index contributed by atoms with van der Waals surface area (Å²) < 4.78 is 2.12. The number of benzene rings is 2. The monoisotopic (exact) mass is 407 g/mol. The Hall–Kier alpha value is -2.30. The van der Waals surface area contributed by atoms with Crippen LogP contribution in [0.1, 0.15) is 25.8 Å². The number of thioether (sulfide) groups is 1. The summed E-state index contributed by atoms with van der Waals surface area (Å²) in [6.45, 7) is 6.45. The summed E-state index contributed by atoms with van der Waals surface area (Å²) in [5.74, 6) is 0. The van der Waals surface area contributed by atoms with Crippen LogP contribution in [0.5, 0.6) is 0 Å². The number of fused-ring (bicyclic) bond motifs is 1. The van der Waals surface area contributed by atoms with E-state index < -0.39 is 0 Å². The molecule has 28 heavy (non-hydrogen) atoms. The van der Waals surface area contributed by atoms with E-state index in [9.17, 15) is 0 Å². The van der Waals surface area contributed by atoms with Crippen LogP contribution in [-0.2, 0) is 0 Å². The number of rotatable bonds is 5. The average Bonchev–Trinajstić information content (AvgIpc) is 3.11. The second-order valence-corrected chi connectivity index (χ2v) is 8.76. The van der Waals surface area contributed by atoms with Crippen LogP contribution in [0.25, 0.3) is 27.8 Å². The summed E-state index contributed by atoms with van der Waals surface area (Å²) >= 11 is 8.21. The molecule has 2 heterocycles. The molecule has 0 saturated heterocycles. The maximum absolute atomic E-state index is 6.41. The molecule has 2 aromatic heterocycles. The summed E-state index contributed by atoms with van der Waals surface area (Å²) in [7, 11) is 0. The zero-order chi connectivity index (χ0) is 19.7. The Morgan fingerprint density at radius 2 is 1.89 bits per heavy atom. The van der Waals surface area contributed by atoms with Crippen molar-refractivity contribution >= 4 is 34.4 Å². The molecule has 5 heteroatoms. The molecule has 0 radical (unpaired) electrons. The van der Waals surface area contributed by atoms with E-state index in [2.05, 4.69) is 64.9 Å². The summed E-state index contributed by atoms with van der Waals surface area (Å²) in [6, 6.07) is 16.5. The third-order valence-electron chi connectivity index (χ3n) is 4.95. The van der Waals surface area contributed by atoms with E-state index in [0.29, 0.717) is 5.25 Å². The molecule has 1 unspecified atom stereocenters. The van der Waals surface area contributed by atoms with Crippen LogP contribution in [0.15, 0.2) is 66.1 Å². The molecular formula is C23H22ClN3S. The van der Waals surface area contributed by atoms with Crippen LogP contribution in [-0.4, -0.2) is 19.8 Å². The highest BCUT2D eigenvalue weighted by atomic mass is 35.5. The summed E-state index contributed by atoms with van der Waals surface area (Å²) in [6.07, 6.45) is 4.90. The predicted molar refractivity (Wildman–Crippen MR) is 120 cm³/mol. The summed E-state index contributed by atoms with van der Waals surface area (Å²) in [4.78, 5) is 9.28. The van der Waals surface area contributed by atoms with Crippen molar-refractivity contribution in [1.29, 1.82) is 0 Å². The maximum Gasteiger partial charge on any atom is 0.149 e. The van der Waals surface area contributed by atoms with Crippen molar-refractivity contribution in [3.05, 3.63) is 71.6 Å². The second kappa shape index (κ2) is 7.98. The van der Waals surface area contributed by atoms with Gasteiger partial charge in [-0.3, -0.25) is 0 Å². The lowest BCUT2D eigenvalue weighted by Gasteiger charge is -2.10. The van der Waals surface area contributed by atoms with Gasteiger partial charge in [-0.05, 0) is 36.6 Å². The van der Waals surface area contributed by atoms with Crippen molar-refractivity contribution in [2.75, 3.05) is 0 Å². The van der Waals surface area contributed by atoms with Gasteiger partial charge in [-0.1, -0.05) is 61.8 Å². The van der Waals surface area contributed by atoms with Gasteiger partial charge in [0.25, 0.3) is 0 Å². The van der Waals surface area contributed by atoms with Crippen LogP contribution >= 0.6 is 23.4 Å². The number of aromatic nitrogens is 3. The molecule has 2 aromatic carbocycles. The SMILES string of the molecule is CCC(C)Sc1ncnc2c1c(-c1ccccc1)cn2-c1ccc(C)c(Cl)c1. The molecule has 0 aliphatic carbocycles. The minimum absolute atomic E-state index is 0.485. The molecule has 0 aliphatic heterocycles. The van der Waals surface area contributed by atoms with Crippen molar-refractivity contribution in [3.8, 4) is 16.8 Å². The quantitative estimate of drug-likeness (QED) is 0.265. The normalized spacial score (nSPS) is 12.4. The fourth-order valence-electron chi connectivity index (χ4n) is 3.16. The molecule has 0 saturated carbocycles. The summed E-state index contributed by atoms with van der Waals surface area (Å²) in [5, 5.41) is 3.36. The molecule has 1 atom stereocenters. The molecule has 4 aromatic rings. The smallest absolute Gasteiger partial charge is 0.149 e. The summed E-state index contributed by atoms with van der Waals surface area (Å²) in [5.41, 5.74) is 5.26. The van der Waals surface area contributed by atoms with E-state index in [1.165, 1.54) is 0 Å². The molecular weight excluding hydrogens is 386 g/mol.